The zero-order valence-electron chi connectivity index (χ0n) is 11.3. The smallest absolute Gasteiger partial charge is 0.237 e. The van der Waals surface area contributed by atoms with Crippen LogP contribution in [0.5, 0.6) is 0 Å². The van der Waals surface area contributed by atoms with Gasteiger partial charge in [-0.2, -0.15) is 0 Å². The van der Waals surface area contributed by atoms with Crippen molar-refractivity contribution in [3.05, 3.63) is 0 Å². The van der Waals surface area contributed by atoms with Crippen LogP contribution in [0.4, 0.5) is 0 Å². The van der Waals surface area contributed by atoms with Crippen LogP contribution in [0.2, 0.25) is 0 Å². The van der Waals surface area contributed by atoms with E-state index in [1.807, 2.05) is 0 Å². The van der Waals surface area contributed by atoms with Gasteiger partial charge in [0.05, 0.1) is 6.04 Å². The summed E-state index contributed by atoms with van der Waals surface area (Å²) >= 11 is 0. The molecule has 98 valence electrons. The Morgan fingerprint density at radius 3 is 2.53 bits per heavy atom. The maximum Gasteiger partial charge on any atom is 0.237 e. The number of hydrogen-bond acceptors (Lipinski definition) is 2. The predicted octanol–water partition coefficient (Wildman–Crippen LogP) is 1.93. The summed E-state index contributed by atoms with van der Waals surface area (Å²) in [5.41, 5.74) is 0. The average Bonchev–Trinajstić information content (AvgIpc) is 2.61. The molecule has 0 spiro atoms. The fourth-order valence-electron chi connectivity index (χ4n) is 3.16. The molecule has 0 aromatic heterocycles. The van der Waals surface area contributed by atoms with E-state index in [-0.39, 0.29) is 11.9 Å². The van der Waals surface area contributed by atoms with Crippen molar-refractivity contribution in [2.24, 2.45) is 17.8 Å². The lowest BCUT2D eigenvalue weighted by atomic mass is 9.93. The van der Waals surface area contributed by atoms with Gasteiger partial charge < -0.3 is 10.6 Å². The fourth-order valence-corrected chi connectivity index (χ4v) is 3.16. The Balaban J connectivity index is 1.84. The van der Waals surface area contributed by atoms with Crippen LogP contribution in [0, 0.1) is 17.8 Å². The molecule has 1 aliphatic carbocycles. The lowest BCUT2D eigenvalue weighted by Crippen LogP contribution is -2.51. The molecular formula is C14H26N2O. The summed E-state index contributed by atoms with van der Waals surface area (Å²) in [5.74, 6) is 2.27. The molecule has 2 fully saturated rings. The normalized spacial score (nSPS) is 42.4. The number of carbonyl (C=O) groups is 1. The quantitative estimate of drug-likeness (QED) is 0.772. The Morgan fingerprint density at radius 2 is 1.94 bits per heavy atom. The second-order valence-electron chi connectivity index (χ2n) is 6.17. The first kappa shape index (κ1) is 12.9. The molecule has 1 saturated heterocycles. The van der Waals surface area contributed by atoms with Crippen molar-refractivity contribution in [1.29, 1.82) is 0 Å². The Kier molecular flexibility index (Phi) is 4.08. The van der Waals surface area contributed by atoms with Crippen LogP contribution in [0.3, 0.4) is 0 Å². The summed E-state index contributed by atoms with van der Waals surface area (Å²) < 4.78 is 0. The third-order valence-electron chi connectivity index (χ3n) is 4.78. The minimum absolute atomic E-state index is 0.0434. The highest BCUT2D eigenvalue weighted by Crippen LogP contribution is 2.31. The predicted molar refractivity (Wildman–Crippen MR) is 69.7 cm³/mol. The van der Waals surface area contributed by atoms with Gasteiger partial charge in [-0.15, -0.1) is 0 Å². The molecule has 1 saturated carbocycles. The van der Waals surface area contributed by atoms with Gasteiger partial charge >= 0.3 is 0 Å². The fraction of sp³-hybridized carbons (Fsp3) is 0.929. The SMILES string of the molecule is CC1CCNC(C(=O)NC2CCC(C)C2C)C1. The molecule has 5 atom stereocenters. The van der Waals surface area contributed by atoms with E-state index in [0.717, 1.165) is 25.3 Å². The topological polar surface area (TPSA) is 41.1 Å². The minimum atomic E-state index is 0.0434. The first-order valence-corrected chi connectivity index (χ1v) is 7.11. The van der Waals surface area contributed by atoms with Crippen LogP contribution < -0.4 is 10.6 Å². The van der Waals surface area contributed by atoms with Gasteiger partial charge in [0, 0.05) is 6.04 Å². The van der Waals surface area contributed by atoms with E-state index in [1.165, 1.54) is 12.8 Å². The second kappa shape index (κ2) is 5.38. The maximum atomic E-state index is 12.2. The monoisotopic (exact) mass is 238 g/mol. The molecule has 1 aliphatic heterocycles. The Morgan fingerprint density at radius 1 is 1.18 bits per heavy atom. The first-order valence-electron chi connectivity index (χ1n) is 7.11. The summed E-state index contributed by atoms with van der Waals surface area (Å²) in [5, 5.41) is 6.59. The summed E-state index contributed by atoms with van der Waals surface area (Å²) in [7, 11) is 0. The standard InChI is InChI=1S/C14H26N2O/c1-9-6-7-15-13(8-9)14(17)16-12-5-4-10(2)11(12)3/h9-13,15H,4-8H2,1-3H3,(H,16,17). The highest BCUT2D eigenvalue weighted by atomic mass is 16.2. The summed E-state index contributed by atoms with van der Waals surface area (Å²) in [6, 6.07) is 0.443. The molecule has 0 bridgehead atoms. The van der Waals surface area contributed by atoms with Gasteiger partial charge in [-0.1, -0.05) is 20.8 Å². The van der Waals surface area contributed by atoms with E-state index in [9.17, 15) is 4.79 Å². The van der Waals surface area contributed by atoms with Crippen molar-refractivity contribution in [2.75, 3.05) is 6.54 Å². The van der Waals surface area contributed by atoms with Crippen LogP contribution in [0.15, 0.2) is 0 Å². The third kappa shape index (κ3) is 3.01. The first-order chi connectivity index (χ1) is 8.08. The molecule has 2 aliphatic rings. The Labute approximate surface area is 105 Å². The Bertz CT molecular complexity index is 279. The van der Waals surface area contributed by atoms with E-state index in [0.29, 0.717) is 17.9 Å². The average molecular weight is 238 g/mol. The number of carbonyl (C=O) groups excluding carboxylic acids is 1. The molecule has 1 heterocycles. The molecular weight excluding hydrogens is 212 g/mol. The summed E-state index contributed by atoms with van der Waals surface area (Å²) in [4.78, 5) is 12.2. The highest BCUT2D eigenvalue weighted by Gasteiger charge is 2.33. The van der Waals surface area contributed by atoms with E-state index in [4.69, 9.17) is 0 Å². The van der Waals surface area contributed by atoms with Crippen LogP contribution in [-0.4, -0.2) is 24.5 Å². The second-order valence-corrected chi connectivity index (χ2v) is 6.17. The molecule has 0 aromatic rings. The number of piperidine rings is 1. The van der Waals surface area contributed by atoms with Gasteiger partial charge in [0.2, 0.25) is 5.91 Å². The third-order valence-corrected chi connectivity index (χ3v) is 4.78. The molecule has 5 unspecified atom stereocenters. The molecule has 2 rings (SSSR count). The summed E-state index contributed by atoms with van der Waals surface area (Å²) in [6.07, 6.45) is 4.58. The number of rotatable bonds is 2. The van der Waals surface area contributed by atoms with Crippen LogP contribution in [0.25, 0.3) is 0 Å². The van der Waals surface area contributed by atoms with Crippen molar-refractivity contribution in [1.82, 2.24) is 10.6 Å². The zero-order chi connectivity index (χ0) is 12.4. The minimum Gasteiger partial charge on any atom is -0.352 e. The van der Waals surface area contributed by atoms with Gasteiger partial charge in [0.15, 0.2) is 0 Å². The van der Waals surface area contributed by atoms with Crippen LogP contribution in [-0.2, 0) is 4.79 Å². The van der Waals surface area contributed by atoms with Crippen molar-refractivity contribution in [3.63, 3.8) is 0 Å². The molecule has 17 heavy (non-hydrogen) atoms. The van der Waals surface area contributed by atoms with E-state index in [2.05, 4.69) is 31.4 Å². The molecule has 3 nitrogen and oxygen atoms in total. The molecule has 3 heteroatoms. The lowest BCUT2D eigenvalue weighted by molar-refractivity contribution is -0.125. The van der Waals surface area contributed by atoms with Crippen molar-refractivity contribution >= 4 is 5.91 Å². The summed E-state index contributed by atoms with van der Waals surface area (Å²) in [6.45, 7) is 7.77. The van der Waals surface area contributed by atoms with E-state index >= 15 is 0 Å². The number of nitrogens with one attached hydrogen (secondary N) is 2. The molecule has 1 amide bonds. The van der Waals surface area contributed by atoms with Crippen molar-refractivity contribution in [3.8, 4) is 0 Å². The molecule has 0 radical (unpaired) electrons. The van der Waals surface area contributed by atoms with E-state index in [1.54, 1.807) is 0 Å². The van der Waals surface area contributed by atoms with Gasteiger partial charge in [-0.25, -0.2) is 0 Å². The van der Waals surface area contributed by atoms with Crippen LogP contribution >= 0.6 is 0 Å². The highest BCUT2D eigenvalue weighted by molar-refractivity contribution is 5.82. The number of hydrogen-bond donors (Lipinski definition) is 2. The van der Waals surface area contributed by atoms with Crippen molar-refractivity contribution < 1.29 is 4.79 Å². The lowest BCUT2D eigenvalue weighted by Gasteiger charge is -2.29. The molecule has 0 aromatic carbocycles. The van der Waals surface area contributed by atoms with Gasteiger partial charge in [0.25, 0.3) is 0 Å². The van der Waals surface area contributed by atoms with Gasteiger partial charge in [0.1, 0.15) is 0 Å². The van der Waals surface area contributed by atoms with E-state index < -0.39 is 0 Å². The Hall–Kier alpha value is -0.570. The van der Waals surface area contributed by atoms with Gasteiger partial charge in [-0.05, 0) is 50.0 Å². The largest absolute Gasteiger partial charge is 0.352 e. The van der Waals surface area contributed by atoms with Gasteiger partial charge in [-0.3, -0.25) is 4.79 Å². The number of amides is 1. The maximum absolute atomic E-state index is 12.2. The zero-order valence-corrected chi connectivity index (χ0v) is 11.3. The van der Waals surface area contributed by atoms with Crippen LogP contribution in [0.1, 0.15) is 46.5 Å². The molecule has 2 N–H and O–H groups in total. The van der Waals surface area contributed by atoms with Crippen molar-refractivity contribution in [2.45, 2.75) is 58.5 Å².